The lowest BCUT2D eigenvalue weighted by Gasteiger charge is -2.09. The number of pyridine rings is 1. The second-order valence-corrected chi connectivity index (χ2v) is 4.63. The van der Waals surface area contributed by atoms with E-state index in [1.807, 2.05) is 30.3 Å². The average Bonchev–Trinajstić information content (AvgIpc) is 2.53. The highest BCUT2D eigenvalue weighted by Gasteiger charge is 2.13. The summed E-state index contributed by atoms with van der Waals surface area (Å²) in [5.74, 6) is -0.470. The molecule has 0 aliphatic carbocycles. The largest absolute Gasteiger partial charge is 0.497 e. The van der Waals surface area contributed by atoms with Crippen molar-refractivity contribution in [3.8, 4) is 16.9 Å². The van der Waals surface area contributed by atoms with Crippen molar-refractivity contribution in [1.82, 2.24) is 4.98 Å². The number of hydrogen-bond donors (Lipinski definition) is 1. The zero-order chi connectivity index (χ0) is 14.8. The fraction of sp³-hybridized carbons (Fsp3) is 0.0588. The van der Waals surface area contributed by atoms with Crippen molar-refractivity contribution in [2.45, 2.75) is 0 Å². The molecule has 104 valence electrons. The number of hydrogen-bond acceptors (Lipinski definition) is 3. The Bertz CT molecular complexity index is 827. The van der Waals surface area contributed by atoms with Crippen LogP contribution in [-0.2, 0) is 0 Å². The van der Waals surface area contributed by atoms with Gasteiger partial charge in [0.1, 0.15) is 5.75 Å². The van der Waals surface area contributed by atoms with E-state index in [-0.39, 0.29) is 5.56 Å². The molecule has 0 spiro atoms. The highest BCUT2D eigenvalue weighted by Crippen LogP contribution is 2.29. The summed E-state index contributed by atoms with van der Waals surface area (Å²) in [6.45, 7) is 0. The van der Waals surface area contributed by atoms with Crippen LogP contribution >= 0.6 is 0 Å². The van der Waals surface area contributed by atoms with Gasteiger partial charge in [0.15, 0.2) is 0 Å². The molecule has 0 saturated carbocycles. The van der Waals surface area contributed by atoms with Gasteiger partial charge in [0, 0.05) is 17.1 Å². The van der Waals surface area contributed by atoms with Crippen LogP contribution in [0.15, 0.2) is 54.7 Å². The molecule has 21 heavy (non-hydrogen) atoms. The highest BCUT2D eigenvalue weighted by atomic mass is 16.5. The normalized spacial score (nSPS) is 10.5. The van der Waals surface area contributed by atoms with Crippen molar-refractivity contribution in [2.24, 2.45) is 0 Å². The summed E-state index contributed by atoms with van der Waals surface area (Å²) in [7, 11) is 1.51. The number of ether oxygens (including phenoxy) is 1. The Kier molecular flexibility index (Phi) is 3.28. The minimum Gasteiger partial charge on any atom is -0.497 e. The molecule has 0 bridgehead atoms. The third-order valence-electron chi connectivity index (χ3n) is 3.36. The summed E-state index contributed by atoms with van der Waals surface area (Å²) in [6, 6.07) is 14.7. The number of carboxylic acids is 1. The molecule has 4 nitrogen and oxygen atoms in total. The van der Waals surface area contributed by atoms with Gasteiger partial charge in [-0.1, -0.05) is 18.2 Å². The van der Waals surface area contributed by atoms with E-state index in [1.54, 1.807) is 18.3 Å². The zero-order valence-electron chi connectivity index (χ0n) is 11.4. The predicted octanol–water partition coefficient (Wildman–Crippen LogP) is 3.61. The van der Waals surface area contributed by atoms with Crippen LogP contribution in [0.25, 0.3) is 22.0 Å². The van der Waals surface area contributed by atoms with Crippen molar-refractivity contribution in [3.63, 3.8) is 0 Å². The maximum atomic E-state index is 11.5. The van der Waals surface area contributed by atoms with Crippen LogP contribution in [0.5, 0.6) is 5.75 Å². The average molecular weight is 279 g/mol. The molecule has 0 amide bonds. The van der Waals surface area contributed by atoms with Gasteiger partial charge in [-0.2, -0.15) is 0 Å². The Balaban J connectivity index is 2.19. The van der Waals surface area contributed by atoms with Crippen LogP contribution < -0.4 is 4.74 Å². The molecule has 1 heterocycles. The lowest BCUT2D eigenvalue weighted by Crippen LogP contribution is -2.00. The fourth-order valence-electron chi connectivity index (χ4n) is 2.30. The number of para-hydroxylation sites is 1. The molecular weight excluding hydrogens is 266 g/mol. The molecule has 3 aromatic rings. The summed E-state index contributed by atoms with van der Waals surface area (Å²) in [5.41, 5.74) is 2.48. The second-order valence-electron chi connectivity index (χ2n) is 4.63. The maximum absolute atomic E-state index is 11.5. The van der Waals surface area contributed by atoms with Crippen LogP contribution in [0.1, 0.15) is 10.4 Å². The molecule has 0 saturated heterocycles. The number of fused-ring (bicyclic) bond motifs is 1. The molecule has 2 aromatic carbocycles. The van der Waals surface area contributed by atoms with Gasteiger partial charge in [0.25, 0.3) is 0 Å². The topological polar surface area (TPSA) is 59.4 Å². The summed E-state index contributed by atoms with van der Waals surface area (Å²) in [5, 5.41) is 10.4. The molecule has 0 radical (unpaired) electrons. The monoisotopic (exact) mass is 279 g/mol. The first kappa shape index (κ1) is 13.1. The second kappa shape index (κ2) is 5.25. The summed E-state index contributed by atoms with van der Waals surface area (Å²) in [6.07, 6.45) is 1.69. The van der Waals surface area contributed by atoms with Crippen LogP contribution in [-0.4, -0.2) is 23.2 Å². The standard InChI is InChI=1S/C17H13NO3/c1-21-13-6-7-14(15(9-13)17(19)20)12-8-11-4-2-3-5-16(11)18-10-12/h2-10H,1H3,(H,19,20). The Hall–Kier alpha value is -2.88. The van der Waals surface area contributed by atoms with Gasteiger partial charge >= 0.3 is 5.97 Å². The number of carbonyl (C=O) groups is 1. The van der Waals surface area contributed by atoms with Crippen LogP contribution in [0.2, 0.25) is 0 Å². The van der Waals surface area contributed by atoms with Gasteiger partial charge in [-0.25, -0.2) is 4.79 Å². The van der Waals surface area contributed by atoms with E-state index in [0.717, 1.165) is 16.5 Å². The van der Waals surface area contributed by atoms with E-state index in [4.69, 9.17) is 4.74 Å². The Morgan fingerprint density at radius 1 is 1.14 bits per heavy atom. The molecule has 0 atom stereocenters. The molecule has 3 rings (SSSR count). The number of aromatic carboxylic acids is 1. The van der Waals surface area contributed by atoms with Crippen LogP contribution in [0, 0.1) is 0 Å². The van der Waals surface area contributed by atoms with E-state index < -0.39 is 5.97 Å². The molecule has 0 fully saturated rings. The van der Waals surface area contributed by atoms with Gasteiger partial charge in [-0.05, 0) is 35.9 Å². The maximum Gasteiger partial charge on any atom is 0.336 e. The molecule has 0 unspecified atom stereocenters. The number of nitrogens with zero attached hydrogens (tertiary/aromatic N) is 1. The lowest BCUT2D eigenvalue weighted by molar-refractivity contribution is 0.0697. The van der Waals surface area contributed by atoms with Crippen LogP contribution in [0.4, 0.5) is 0 Å². The van der Waals surface area contributed by atoms with Crippen molar-refractivity contribution in [1.29, 1.82) is 0 Å². The predicted molar refractivity (Wildman–Crippen MR) is 80.7 cm³/mol. The molecule has 0 aliphatic rings. The third-order valence-corrected chi connectivity index (χ3v) is 3.36. The van der Waals surface area contributed by atoms with Gasteiger partial charge in [0.2, 0.25) is 0 Å². The lowest BCUT2D eigenvalue weighted by atomic mass is 9.99. The van der Waals surface area contributed by atoms with Gasteiger partial charge in [-0.3, -0.25) is 4.98 Å². The summed E-state index contributed by atoms with van der Waals surface area (Å²) < 4.78 is 5.09. The Labute approximate surface area is 121 Å². The molecule has 0 aliphatic heterocycles. The van der Waals surface area contributed by atoms with Crippen molar-refractivity contribution >= 4 is 16.9 Å². The van der Waals surface area contributed by atoms with Crippen molar-refractivity contribution in [2.75, 3.05) is 7.11 Å². The van der Waals surface area contributed by atoms with E-state index in [1.165, 1.54) is 13.2 Å². The van der Waals surface area contributed by atoms with Crippen molar-refractivity contribution < 1.29 is 14.6 Å². The number of aromatic nitrogens is 1. The van der Waals surface area contributed by atoms with Gasteiger partial charge in [-0.15, -0.1) is 0 Å². The van der Waals surface area contributed by atoms with E-state index in [0.29, 0.717) is 11.3 Å². The highest BCUT2D eigenvalue weighted by molar-refractivity contribution is 5.97. The summed E-state index contributed by atoms with van der Waals surface area (Å²) in [4.78, 5) is 15.8. The van der Waals surface area contributed by atoms with Gasteiger partial charge in [0.05, 0.1) is 18.2 Å². The number of benzene rings is 2. The van der Waals surface area contributed by atoms with Crippen LogP contribution in [0.3, 0.4) is 0 Å². The SMILES string of the molecule is COc1ccc(-c2cnc3ccccc3c2)c(C(=O)O)c1. The molecule has 1 N–H and O–H groups in total. The number of carboxylic acid groups (broad SMARTS) is 1. The minimum absolute atomic E-state index is 0.200. The number of methoxy groups -OCH3 is 1. The van der Waals surface area contributed by atoms with E-state index in [2.05, 4.69) is 4.98 Å². The Morgan fingerprint density at radius 2 is 1.95 bits per heavy atom. The van der Waals surface area contributed by atoms with E-state index >= 15 is 0 Å². The Morgan fingerprint density at radius 3 is 2.71 bits per heavy atom. The fourth-order valence-corrected chi connectivity index (χ4v) is 2.30. The van der Waals surface area contributed by atoms with E-state index in [9.17, 15) is 9.90 Å². The molecule has 4 heteroatoms. The summed E-state index contributed by atoms with van der Waals surface area (Å²) >= 11 is 0. The zero-order valence-corrected chi connectivity index (χ0v) is 11.4. The smallest absolute Gasteiger partial charge is 0.336 e. The molecular formula is C17H13NO3. The minimum atomic E-state index is -0.989. The number of rotatable bonds is 3. The molecule has 1 aromatic heterocycles. The quantitative estimate of drug-likeness (QED) is 0.795. The third kappa shape index (κ3) is 2.43. The van der Waals surface area contributed by atoms with Crippen molar-refractivity contribution in [3.05, 3.63) is 60.3 Å². The van der Waals surface area contributed by atoms with Gasteiger partial charge < -0.3 is 9.84 Å². The first-order valence-corrected chi connectivity index (χ1v) is 6.45. The first-order valence-electron chi connectivity index (χ1n) is 6.45. The first-order chi connectivity index (χ1) is 10.2.